The maximum Gasteiger partial charge on any atom is 0.416 e. The summed E-state index contributed by atoms with van der Waals surface area (Å²) in [7, 11) is 0. The van der Waals surface area contributed by atoms with Crippen LogP contribution in [0.4, 0.5) is 13.2 Å². The van der Waals surface area contributed by atoms with Crippen LogP contribution < -0.4 is 10.4 Å². The fourth-order valence-electron chi connectivity index (χ4n) is 1.74. The van der Waals surface area contributed by atoms with Crippen molar-refractivity contribution in [3.63, 3.8) is 0 Å². The lowest BCUT2D eigenvalue weighted by Gasteiger charge is -2.19. The Morgan fingerprint density at radius 1 is 1.33 bits per heavy atom. The standard InChI is InChI=1S/C14H16F3NO3/c1-2-3-7-11(13(20)21)18-12(19)9-5-4-6-10(8-9)14(15,16)17/h4-6,8,11H,2-3,7H2,1H3,(H,18,19)(H,20,21)/p-1/t11-/m0/s1. The van der Waals surface area contributed by atoms with Crippen molar-refractivity contribution >= 4 is 11.9 Å². The minimum Gasteiger partial charge on any atom is -0.548 e. The maximum absolute atomic E-state index is 12.6. The smallest absolute Gasteiger partial charge is 0.416 e. The van der Waals surface area contributed by atoms with E-state index in [0.717, 1.165) is 18.6 Å². The molecule has 21 heavy (non-hydrogen) atoms. The second-order valence-corrected chi connectivity index (χ2v) is 4.57. The van der Waals surface area contributed by atoms with Gasteiger partial charge in [-0.3, -0.25) is 4.79 Å². The first-order valence-electron chi connectivity index (χ1n) is 6.44. The summed E-state index contributed by atoms with van der Waals surface area (Å²) in [5.41, 5.74) is -1.21. The van der Waals surface area contributed by atoms with Crippen LogP contribution >= 0.6 is 0 Å². The summed E-state index contributed by atoms with van der Waals surface area (Å²) in [5, 5.41) is 13.1. The van der Waals surface area contributed by atoms with Gasteiger partial charge in [0.1, 0.15) is 0 Å². The van der Waals surface area contributed by atoms with Crippen molar-refractivity contribution in [1.29, 1.82) is 0 Å². The molecule has 0 aliphatic heterocycles. The largest absolute Gasteiger partial charge is 0.548 e. The van der Waals surface area contributed by atoms with E-state index >= 15 is 0 Å². The summed E-state index contributed by atoms with van der Waals surface area (Å²) in [4.78, 5) is 22.7. The highest BCUT2D eigenvalue weighted by Gasteiger charge is 2.31. The first-order valence-corrected chi connectivity index (χ1v) is 6.44. The molecule has 0 fully saturated rings. The predicted octanol–water partition coefficient (Wildman–Crippen LogP) is 1.74. The number of nitrogens with one attached hydrogen (secondary N) is 1. The van der Waals surface area contributed by atoms with E-state index in [-0.39, 0.29) is 12.0 Å². The van der Waals surface area contributed by atoms with Gasteiger partial charge in [0.05, 0.1) is 17.6 Å². The van der Waals surface area contributed by atoms with Crippen LogP contribution in [0.2, 0.25) is 0 Å². The number of carbonyl (C=O) groups excluding carboxylic acids is 2. The minimum atomic E-state index is -4.56. The van der Waals surface area contributed by atoms with Crippen LogP contribution in [0.1, 0.15) is 42.1 Å². The normalized spacial score (nSPS) is 12.8. The molecule has 1 aromatic rings. The molecule has 1 N–H and O–H groups in total. The Morgan fingerprint density at radius 3 is 2.52 bits per heavy atom. The third-order valence-electron chi connectivity index (χ3n) is 2.89. The van der Waals surface area contributed by atoms with E-state index < -0.39 is 29.7 Å². The van der Waals surface area contributed by atoms with Crippen molar-refractivity contribution in [2.75, 3.05) is 0 Å². The van der Waals surface area contributed by atoms with Crippen LogP contribution in [0.5, 0.6) is 0 Å². The molecule has 0 radical (unpaired) electrons. The number of hydrogen-bond donors (Lipinski definition) is 1. The van der Waals surface area contributed by atoms with Crippen molar-refractivity contribution in [2.45, 2.75) is 38.4 Å². The number of rotatable bonds is 6. The van der Waals surface area contributed by atoms with Gasteiger partial charge in [0.25, 0.3) is 5.91 Å². The third kappa shape index (κ3) is 5.09. The molecule has 0 unspecified atom stereocenters. The van der Waals surface area contributed by atoms with E-state index in [1.165, 1.54) is 6.07 Å². The topological polar surface area (TPSA) is 69.2 Å². The lowest BCUT2D eigenvalue weighted by atomic mass is 10.1. The Hall–Kier alpha value is -2.05. The number of benzene rings is 1. The second-order valence-electron chi connectivity index (χ2n) is 4.57. The quantitative estimate of drug-likeness (QED) is 0.870. The highest BCUT2D eigenvalue weighted by molar-refractivity contribution is 5.96. The van der Waals surface area contributed by atoms with E-state index in [4.69, 9.17) is 0 Å². The van der Waals surface area contributed by atoms with Gasteiger partial charge in [-0.25, -0.2) is 0 Å². The van der Waals surface area contributed by atoms with Crippen LogP contribution in [0.25, 0.3) is 0 Å². The van der Waals surface area contributed by atoms with Gasteiger partial charge in [0.2, 0.25) is 0 Å². The van der Waals surface area contributed by atoms with Crippen LogP contribution in [-0.2, 0) is 11.0 Å². The summed E-state index contributed by atoms with van der Waals surface area (Å²) in [6.45, 7) is 1.85. The molecule has 0 bridgehead atoms. The first-order chi connectivity index (χ1) is 9.75. The Labute approximate surface area is 120 Å². The summed E-state index contributed by atoms with van der Waals surface area (Å²) in [5.74, 6) is -2.32. The van der Waals surface area contributed by atoms with Gasteiger partial charge in [-0.05, 0) is 24.6 Å². The van der Waals surface area contributed by atoms with Gasteiger partial charge in [-0.15, -0.1) is 0 Å². The zero-order valence-electron chi connectivity index (χ0n) is 11.4. The molecule has 1 rings (SSSR count). The van der Waals surface area contributed by atoms with Gasteiger partial charge < -0.3 is 15.2 Å². The molecule has 0 aliphatic rings. The van der Waals surface area contributed by atoms with Gasteiger partial charge in [0.15, 0.2) is 0 Å². The monoisotopic (exact) mass is 302 g/mol. The molecule has 0 heterocycles. The van der Waals surface area contributed by atoms with E-state index in [1.54, 1.807) is 0 Å². The third-order valence-corrected chi connectivity index (χ3v) is 2.89. The molecular formula is C14H15F3NO3-. The molecule has 1 aromatic carbocycles. The molecule has 0 aliphatic carbocycles. The van der Waals surface area contributed by atoms with E-state index in [9.17, 15) is 27.9 Å². The van der Waals surface area contributed by atoms with Crippen molar-refractivity contribution in [3.05, 3.63) is 35.4 Å². The molecule has 0 spiro atoms. The molecule has 0 saturated heterocycles. The number of unbranched alkanes of at least 4 members (excludes halogenated alkanes) is 1. The van der Waals surface area contributed by atoms with Gasteiger partial charge in [-0.2, -0.15) is 13.2 Å². The van der Waals surface area contributed by atoms with E-state index in [0.29, 0.717) is 12.5 Å². The fourth-order valence-corrected chi connectivity index (χ4v) is 1.74. The zero-order chi connectivity index (χ0) is 16.0. The van der Waals surface area contributed by atoms with Crippen LogP contribution in [0, 0.1) is 0 Å². The molecule has 4 nitrogen and oxygen atoms in total. The number of hydrogen-bond acceptors (Lipinski definition) is 3. The number of carboxylic acids is 1. The predicted molar refractivity (Wildman–Crippen MR) is 67.2 cm³/mol. The van der Waals surface area contributed by atoms with Crippen molar-refractivity contribution < 1.29 is 27.9 Å². The Bertz CT molecular complexity index is 514. The van der Waals surface area contributed by atoms with Crippen molar-refractivity contribution in [3.8, 4) is 0 Å². The van der Waals surface area contributed by atoms with Crippen LogP contribution in [-0.4, -0.2) is 17.9 Å². The highest BCUT2D eigenvalue weighted by Crippen LogP contribution is 2.29. The number of amides is 1. The zero-order valence-corrected chi connectivity index (χ0v) is 11.4. The summed E-state index contributed by atoms with van der Waals surface area (Å²) >= 11 is 0. The molecule has 1 atom stereocenters. The average molecular weight is 302 g/mol. The molecule has 1 amide bonds. The SMILES string of the molecule is CCCC[C@H](NC(=O)c1cccc(C(F)(F)F)c1)C(=O)[O-]. The Kier molecular flexibility index (Phi) is 5.75. The number of halogens is 3. The number of carbonyl (C=O) groups is 2. The van der Waals surface area contributed by atoms with E-state index in [2.05, 4.69) is 5.32 Å². The summed E-state index contributed by atoms with van der Waals surface area (Å²) in [6, 6.07) is 2.59. The van der Waals surface area contributed by atoms with Gasteiger partial charge >= 0.3 is 6.18 Å². The number of carboxylic acid groups (broad SMARTS) is 1. The molecule has 7 heteroatoms. The first kappa shape index (κ1) is 17.0. The molecule has 0 saturated carbocycles. The van der Waals surface area contributed by atoms with Crippen molar-refractivity contribution in [1.82, 2.24) is 5.32 Å². The van der Waals surface area contributed by atoms with E-state index in [1.807, 2.05) is 6.92 Å². The van der Waals surface area contributed by atoms with Crippen LogP contribution in [0.15, 0.2) is 24.3 Å². The van der Waals surface area contributed by atoms with Crippen molar-refractivity contribution in [2.24, 2.45) is 0 Å². The lowest BCUT2D eigenvalue weighted by molar-refractivity contribution is -0.308. The highest BCUT2D eigenvalue weighted by atomic mass is 19.4. The lowest BCUT2D eigenvalue weighted by Crippen LogP contribution is -2.47. The number of aliphatic carboxylic acids is 1. The Morgan fingerprint density at radius 2 is 2.00 bits per heavy atom. The average Bonchev–Trinajstić information content (AvgIpc) is 2.42. The molecular weight excluding hydrogens is 287 g/mol. The molecule has 0 aromatic heterocycles. The maximum atomic E-state index is 12.6. The van der Waals surface area contributed by atoms with Gasteiger partial charge in [-0.1, -0.05) is 25.8 Å². The summed E-state index contributed by atoms with van der Waals surface area (Å²) < 4.78 is 37.7. The second kappa shape index (κ2) is 7.10. The molecule has 116 valence electrons. The summed E-state index contributed by atoms with van der Waals surface area (Å²) in [6.07, 6.45) is -3.11. The van der Waals surface area contributed by atoms with Crippen LogP contribution in [0.3, 0.4) is 0 Å². The minimum absolute atomic E-state index is 0.170. The number of alkyl halides is 3. The Balaban J connectivity index is 2.85. The van der Waals surface area contributed by atoms with Gasteiger partial charge in [0, 0.05) is 5.56 Å². The fraction of sp³-hybridized carbons (Fsp3) is 0.429.